The predicted octanol–water partition coefficient (Wildman–Crippen LogP) is 1.65. The first-order valence-electron chi connectivity index (χ1n) is 6.67. The molecule has 3 rings (SSSR count). The Balaban J connectivity index is 1.78. The zero-order chi connectivity index (χ0) is 14.7. The van der Waals surface area contributed by atoms with Crippen molar-refractivity contribution in [3.05, 3.63) is 53.9 Å². The molecule has 1 aliphatic heterocycles. The van der Waals surface area contributed by atoms with Crippen molar-refractivity contribution < 1.29 is 4.79 Å². The van der Waals surface area contributed by atoms with Crippen LogP contribution in [0.4, 0.5) is 11.6 Å². The second-order valence-corrected chi connectivity index (χ2v) is 4.67. The van der Waals surface area contributed by atoms with Crippen molar-refractivity contribution in [2.45, 2.75) is 6.42 Å². The average Bonchev–Trinajstić information content (AvgIpc) is 3.02. The SMILES string of the molecule is NC(=O)c1ccc(Nc2nccc(C3=CCCN3)n2)cc1. The van der Waals surface area contributed by atoms with Crippen molar-refractivity contribution >= 4 is 23.2 Å². The third-order valence-electron chi connectivity index (χ3n) is 3.17. The van der Waals surface area contributed by atoms with Gasteiger partial charge in [-0.05, 0) is 36.8 Å². The van der Waals surface area contributed by atoms with Crippen LogP contribution < -0.4 is 16.4 Å². The van der Waals surface area contributed by atoms with Crippen LogP contribution in [0.15, 0.2) is 42.6 Å². The summed E-state index contributed by atoms with van der Waals surface area (Å²) in [4.78, 5) is 19.7. The van der Waals surface area contributed by atoms with Gasteiger partial charge in [-0.2, -0.15) is 0 Å². The van der Waals surface area contributed by atoms with E-state index in [1.165, 1.54) is 0 Å². The quantitative estimate of drug-likeness (QED) is 0.792. The van der Waals surface area contributed by atoms with Gasteiger partial charge in [0.25, 0.3) is 0 Å². The lowest BCUT2D eigenvalue weighted by Gasteiger charge is -2.08. The Morgan fingerprint density at radius 2 is 2.05 bits per heavy atom. The number of nitrogens with one attached hydrogen (secondary N) is 2. The van der Waals surface area contributed by atoms with Crippen molar-refractivity contribution in [3.63, 3.8) is 0 Å². The number of nitrogens with two attached hydrogens (primary N) is 1. The van der Waals surface area contributed by atoms with Gasteiger partial charge in [-0.1, -0.05) is 6.08 Å². The first kappa shape index (κ1) is 13.1. The maximum atomic E-state index is 11.0. The Labute approximate surface area is 122 Å². The third-order valence-corrected chi connectivity index (χ3v) is 3.17. The molecule has 1 aliphatic rings. The molecule has 6 nitrogen and oxygen atoms in total. The summed E-state index contributed by atoms with van der Waals surface area (Å²) in [6.45, 7) is 0.941. The van der Waals surface area contributed by atoms with Crippen LogP contribution in [0, 0.1) is 0 Å². The van der Waals surface area contributed by atoms with Crippen molar-refractivity contribution in [3.8, 4) is 0 Å². The van der Waals surface area contributed by atoms with Gasteiger partial charge in [0.15, 0.2) is 0 Å². The van der Waals surface area contributed by atoms with E-state index in [1.807, 2.05) is 6.07 Å². The van der Waals surface area contributed by atoms with E-state index in [0.717, 1.165) is 30.0 Å². The fourth-order valence-corrected chi connectivity index (χ4v) is 2.11. The van der Waals surface area contributed by atoms with Crippen LogP contribution in [0.25, 0.3) is 5.70 Å². The van der Waals surface area contributed by atoms with Crippen molar-refractivity contribution in [2.75, 3.05) is 11.9 Å². The number of primary amides is 1. The molecule has 4 N–H and O–H groups in total. The van der Waals surface area contributed by atoms with E-state index in [2.05, 4.69) is 26.7 Å². The summed E-state index contributed by atoms with van der Waals surface area (Å²) in [5.74, 6) is 0.0629. The first-order valence-corrected chi connectivity index (χ1v) is 6.67. The minimum absolute atomic E-state index is 0.445. The maximum Gasteiger partial charge on any atom is 0.248 e. The molecule has 0 atom stereocenters. The van der Waals surface area contributed by atoms with Gasteiger partial charge in [-0.25, -0.2) is 9.97 Å². The highest BCUT2D eigenvalue weighted by molar-refractivity contribution is 5.93. The van der Waals surface area contributed by atoms with Gasteiger partial charge >= 0.3 is 0 Å². The van der Waals surface area contributed by atoms with Gasteiger partial charge in [-0.15, -0.1) is 0 Å². The number of anilines is 2. The van der Waals surface area contributed by atoms with Gasteiger partial charge in [0, 0.05) is 24.0 Å². The van der Waals surface area contributed by atoms with E-state index in [-0.39, 0.29) is 0 Å². The normalized spacial score (nSPS) is 13.4. The molecule has 0 saturated carbocycles. The van der Waals surface area contributed by atoms with Crippen LogP contribution in [0.2, 0.25) is 0 Å². The minimum Gasteiger partial charge on any atom is -0.383 e. The molecule has 6 heteroatoms. The Kier molecular flexibility index (Phi) is 3.51. The molecule has 21 heavy (non-hydrogen) atoms. The van der Waals surface area contributed by atoms with Crippen molar-refractivity contribution in [1.29, 1.82) is 0 Å². The van der Waals surface area contributed by atoms with E-state index in [4.69, 9.17) is 5.73 Å². The summed E-state index contributed by atoms with van der Waals surface area (Å²) in [5, 5.41) is 6.38. The van der Waals surface area contributed by atoms with E-state index < -0.39 is 5.91 Å². The Bertz CT molecular complexity index is 693. The molecule has 0 spiro atoms. The molecule has 0 radical (unpaired) electrons. The van der Waals surface area contributed by atoms with Crippen LogP contribution in [0.5, 0.6) is 0 Å². The number of rotatable bonds is 4. The van der Waals surface area contributed by atoms with E-state index in [1.54, 1.807) is 30.5 Å². The third kappa shape index (κ3) is 3.00. The number of nitrogens with zero attached hydrogens (tertiary/aromatic N) is 2. The van der Waals surface area contributed by atoms with Crippen LogP contribution >= 0.6 is 0 Å². The molecule has 1 amide bonds. The molecule has 2 heterocycles. The fourth-order valence-electron chi connectivity index (χ4n) is 2.11. The van der Waals surface area contributed by atoms with Crippen molar-refractivity contribution in [1.82, 2.24) is 15.3 Å². The molecule has 0 unspecified atom stereocenters. The second-order valence-electron chi connectivity index (χ2n) is 4.67. The summed E-state index contributed by atoms with van der Waals surface area (Å²) < 4.78 is 0. The number of amides is 1. The number of hydrogen-bond donors (Lipinski definition) is 3. The zero-order valence-electron chi connectivity index (χ0n) is 11.3. The summed E-state index contributed by atoms with van der Waals surface area (Å²) in [6, 6.07) is 8.73. The summed E-state index contributed by atoms with van der Waals surface area (Å²) in [6.07, 6.45) is 4.84. The summed E-state index contributed by atoms with van der Waals surface area (Å²) in [7, 11) is 0. The number of carbonyl (C=O) groups excluding carboxylic acids is 1. The Morgan fingerprint density at radius 1 is 1.24 bits per heavy atom. The summed E-state index contributed by atoms with van der Waals surface area (Å²) in [5.41, 5.74) is 8.37. The first-order chi connectivity index (χ1) is 10.2. The highest BCUT2D eigenvalue weighted by atomic mass is 16.1. The molecule has 1 aromatic heterocycles. The van der Waals surface area contributed by atoms with E-state index >= 15 is 0 Å². The smallest absolute Gasteiger partial charge is 0.248 e. The maximum absolute atomic E-state index is 11.0. The largest absolute Gasteiger partial charge is 0.383 e. The fraction of sp³-hybridized carbons (Fsp3) is 0.133. The van der Waals surface area contributed by atoms with Gasteiger partial charge in [-0.3, -0.25) is 4.79 Å². The molecule has 0 aliphatic carbocycles. The molecule has 0 fully saturated rings. The van der Waals surface area contributed by atoms with Crippen LogP contribution in [-0.2, 0) is 0 Å². The number of benzene rings is 1. The monoisotopic (exact) mass is 281 g/mol. The van der Waals surface area contributed by atoms with Gasteiger partial charge < -0.3 is 16.4 Å². The van der Waals surface area contributed by atoms with Crippen LogP contribution in [0.1, 0.15) is 22.5 Å². The van der Waals surface area contributed by atoms with Crippen LogP contribution in [0.3, 0.4) is 0 Å². The molecule has 0 saturated heterocycles. The Hall–Kier alpha value is -2.89. The predicted molar refractivity (Wildman–Crippen MR) is 80.9 cm³/mol. The molecular formula is C15H15N5O. The minimum atomic E-state index is -0.445. The molecule has 106 valence electrons. The average molecular weight is 281 g/mol. The van der Waals surface area contributed by atoms with Crippen molar-refractivity contribution in [2.24, 2.45) is 5.73 Å². The number of carbonyl (C=O) groups is 1. The molecule has 1 aromatic carbocycles. The van der Waals surface area contributed by atoms with Gasteiger partial charge in [0.05, 0.1) is 11.4 Å². The lowest BCUT2D eigenvalue weighted by molar-refractivity contribution is 0.100. The van der Waals surface area contributed by atoms with E-state index in [9.17, 15) is 4.79 Å². The standard InChI is InChI=1S/C15H15N5O/c16-14(21)10-3-5-11(6-4-10)19-15-18-9-7-13(20-15)12-2-1-8-17-12/h2-7,9,17H,1,8H2,(H2,16,21)(H,18,19,20). The Morgan fingerprint density at radius 3 is 2.71 bits per heavy atom. The zero-order valence-corrected chi connectivity index (χ0v) is 11.3. The van der Waals surface area contributed by atoms with Gasteiger partial charge in [0.2, 0.25) is 11.9 Å². The highest BCUT2D eigenvalue weighted by Crippen LogP contribution is 2.17. The molecule has 2 aromatic rings. The van der Waals surface area contributed by atoms with E-state index in [0.29, 0.717) is 11.5 Å². The van der Waals surface area contributed by atoms with Gasteiger partial charge in [0.1, 0.15) is 0 Å². The number of hydrogen-bond acceptors (Lipinski definition) is 5. The number of aromatic nitrogens is 2. The summed E-state index contributed by atoms with van der Waals surface area (Å²) >= 11 is 0. The van der Waals surface area contributed by atoms with Crippen LogP contribution in [-0.4, -0.2) is 22.4 Å². The molecular weight excluding hydrogens is 266 g/mol. The molecule has 0 bridgehead atoms. The topological polar surface area (TPSA) is 92.9 Å². The second kappa shape index (κ2) is 5.62. The highest BCUT2D eigenvalue weighted by Gasteiger charge is 2.09. The lowest BCUT2D eigenvalue weighted by atomic mass is 10.2. The lowest BCUT2D eigenvalue weighted by Crippen LogP contribution is -2.10.